The van der Waals surface area contributed by atoms with Crippen LogP contribution in [-0.2, 0) is 11.3 Å². The molecule has 1 aromatic heterocycles. The first-order valence-corrected chi connectivity index (χ1v) is 6.87. The molecule has 20 heavy (non-hydrogen) atoms. The lowest BCUT2D eigenvalue weighted by Gasteiger charge is -2.03. The van der Waals surface area contributed by atoms with E-state index in [-0.39, 0.29) is 5.91 Å². The van der Waals surface area contributed by atoms with Gasteiger partial charge in [-0.3, -0.25) is 4.79 Å². The molecule has 1 aromatic carbocycles. The van der Waals surface area contributed by atoms with Gasteiger partial charge in [-0.15, -0.1) is 0 Å². The van der Waals surface area contributed by atoms with E-state index in [2.05, 4.69) is 15.7 Å². The maximum absolute atomic E-state index is 11.3. The summed E-state index contributed by atoms with van der Waals surface area (Å²) in [5, 5.41) is 10.5. The second kappa shape index (κ2) is 7.45. The third kappa shape index (κ3) is 4.20. The van der Waals surface area contributed by atoms with Crippen LogP contribution in [0, 0.1) is 0 Å². The SMILES string of the molecule is CCNC(=O)CCNCc1ccn(-c2ccccc2)n1. The van der Waals surface area contributed by atoms with Gasteiger partial charge >= 0.3 is 0 Å². The summed E-state index contributed by atoms with van der Waals surface area (Å²) in [5.41, 5.74) is 2.01. The Hall–Kier alpha value is -2.14. The molecule has 1 amide bonds. The molecule has 0 saturated carbocycles. The lowest BCUT2D eigenvalue weighted by molar-refractivity contribution is -0.120. The molecule has 0 saturated heterocycles. The number of nitrogens with one attached hydrogen (secondary N) is 2. The molecule has 0 aliphatic rings. The summed E-state index contributed by atoms with van der Waals surface area (Å²) in [6.45, 7) is 3.92. The number of amides is 1. The number of carbonyl (C=O) groups is 1. The lowest BCUT2D eigenvalue weighted by Crippen LogP contribution is -2.27. The Kier molecular flexibility index (Phi) is 5.32. The van der Waals surface area contributed by atoms with Crippen LogP contribution in [-0.4, -0.2) is 28.8 Å². The number of benzene rings is 1. The molecule has 0 spiro atoms. The first kappa shape index (κ1) is 14.3. The summed E-state index contributed by atoms with van der Waals surface area (Å²) in [7, 11) is 0. The standard InChI is InChI=1S/C15H20N4O/c1-2-17-15(20)8-10-16-12-13-9-11-19(18-13)14-6-4-3-5-7-14/h3-7,9,11,16H,2,8,10,12H2,1H3,(H,17,20). The van der Waals surface area contributed by atoms with E-state index in [0.717, 1.165) is 11.4 Å². The van der Waals surface area contributed by atoms with Crippen molar-refractivity contribution in [3.63, 3.8) is 0 Å². The van der Waals surface area contributed by atoms with Gasteiger partial charge in [0.25, 0.3) is 0 Å². The average molecular weight is 272 g/mol. The molecular weight excluding hydrogens is 252 g/mol. The topological polar surface area (TPSA) is 59.0 Å². The van der Waals surface area contributed by atoms with Gasteiger partial charge in [-0.25, -0.2) is 4.68 Å². The van der Waals surface area contributed by atoms with E-state index in [0.29, 0.717) is 26.1 Å². The molecular formula is C15H20N4O. The largest absolute Gasteiger partial charge is 0.356 e. The highest BCUT2D eigenvalue weighted by molar-refractivity contribution is 5.75. The van der Waals surface area contributed by atoms with Crippen molar-refractivity contribution in [3.8, 4) is 5.69 Å². The van der Waals surface area contributed by atoms with Gasteiger partial charge in [0.2, 0.25) is 5.91 Å². The van der Waals surface area contributed by atoms with E-state index in [9.17, 15) is 4.79 Å². The maximum atomic E-state index is 11.3. The number of aromatic nitrogens is 2. The van der Waals surface area contributed by atoms with E-state index in [1.54, 1.807) is 0 Å². The molecule has 106 valence electrons. The molecule has 0 atom stereocenters. The quantitative estimate of drug-likeness (QED) is 0.751. The number of para-hydroxylation sites is 1. The van der Waals surface area contributed by atoms with Crippen LogP contribution in [0.5, 0.6) is 0 Å². The Bertz CT molecular complexity index is 536. The van der Waals surface area contributed by atoms with Gasteiger partial charge < -0.3 is 10.6 Å². The Morgan fingerprint density at radius 2 is 2.05 bits per heavy atom. The van der Waals surface area contributed by atoms with Crippen molar-refractivity contribution >= 4 is 5.91 Å². The van der Waals surface area contributed by atoms with E-state index in [1.165, 1.54) is 0 Å². The van der Waals surface area contributed by atoms with Crippen LogP contribution >= 0.6 is 0 Å². The van der Waals surface area contributed by atoms with Crippen LogP contribution in [0.4, 0.5) is 0 Å². The van der Waals surface area contributed by atoms with E-state index >= 15 is 0 Å². The summed E-state index contributed by atoms with van der Waals surface area (Å²) in [4.78, 5) is 11.3. The van der Waals surface area contributed by atoms with Gasteiger partial charge in [0.15, 0.2) is 0 Å². The van der Waals surface area contributed by atoms with E-state index in [1.807, 2.05) is 54.2 Å². The molecule has 0 fully saturated rings. The van der Waals surface area contributed by atoms with Gasteiger partial charge in [0, 0.05) is 32.3 Å². The minimum Gasteiger partial charge on any atom is -0.356 e. The zero-order chi connectivity index (χ0) is 14.2. The molecule has 0 radical (unpaired) electrons. The molecule has 2 rings (SSSR count). The molecule has 2 N–H and O–H groups in total. The van der Waals surface area contributed by atoms with Crippen LogP contribution in [0.15, 0.2) is 42.6 Å². The van der Waals surface area contributed by atoms with Crippen LogP contribution in [0.3, 0.4) is 0 Å². The Labute approximate surface area is 119 Å². The maximum Gasteiger partial charge on any atom is 0.221 e. The summed E-state index contributed by atoms with van der Waals surface area (Å²) in [5.74, 6) is 0.0785. The summed E-state index contributed by atoms with van der Waals surface area (Å²) >= 11 is 0. The zero-order valence-corrected chi connectivity index (χ0v) is 11.7. The zero-order valence-electron chi connectivity index (χ0n) is 11.7. The predicted molar refractivity (Wildman–Crippen MR) is 78.6 cm³/mol. The number of rotatable bonds is 7. The van der Waals surface area contributed by atoms with Crippen molar-refractivity contribution in [3.05, 3.63) is 48.3 Å². The summed E-state index contributed by atoms with van der Waals surface area (Å²) < 4.78 is 1.85. The van der Waals surface area contributed by atoms with Crippen molar-refractivity contribution in [2.24, 2.45) is 0 Å². The second-order valence-electron chi connectivity index (χ2n) is 4.47. The monoisotopic (exact) mass is 272 g/mol. The van der Waals surface area contributed by atoms with Crippen LogP contribution in [0.25, 0.3) is 5.69 Å². The smallest absolute Gasteiger partial charge is 0.221 e. The molecule has 0 aliphatic carbocycles. The molecule has 0 aliphatic heterocycles. The molecule has 1 heterocycles. The molecule has 5 heteroatoms. The molecule has 5 nitrogen and oxygen atoms in total. The Morgan fingerprint density at radius 1 is 1.25 bits per heavy atom. The van der Waals surface area contributed by atoms with Gasteiger partial charge in [-0.2, -0.15) is 5.10 Å². The van der Waals surface area contributed by atoms with E-state index in [4.69, 9.17) is 0 Å². The molecule has 2 aromatic rings. The highest BCUT2D eigenvalue weighted by atomic mass is 16.1. The second-order valence-corrected chi connectivity index (χ2v) is 4.47. The Morgan fingerprint density at radius 3 is 2.80 bits per heavy atom. The third-order valence-corrected chi connectivity index (χ3v) is 2.87. The minimum absolute atomic E-state index is 0.0785. The number of hydrogen-bond acceptors (Lipinski definition) is 3. The van der Waals surface area contributed by atoms with Crippen LogP contribution in [0.1, 0.15) is 19.0 Å². The fourth-order valence-electron chi connectivity index (χ4n) is 1.88. The summed E-state index contributed by atoms with van der Waals surface area (Å²) in [6.07, 6.45) is 2.43. The van der Waals surface area contributed by atoms with Crippen molar-refractivity contribution in [1.29, 1.82) is 0 Å². The summed E-state index contributed by atoms with van der Waals surface area (Å²) in [6, 6.07) is 12.0. The number of carbonyl (C=O) groups excluding carboxylic acids is 1. The lowest BCUT2D eigenvalue weighted by atomic mass is 10.3. The van der Waals surface area contributed by atoms with Crippen molar-refractivity contribution in [1.82, 2.24) is 20.4 Å². The minimum atomic E-state index is 0.0785. The van der Waals surface area contributed by atoms with Crippen LogP contribution in [0.2, 0.25) is 0 Å². The average Bonchev–Trinajstić information content (AvgIpc) is 2.94. The van der Waals surface area contributed by atoms with Crippen molar-refractivity contribution < 1.29 is 4.79 Å². The Balaban J connectivity index is 1.78. The van der Waals surface area contributed by atoms with Crippen LogP contribution < -0.4 is 10.6 Å². The first-order chi connectivity index (χ1) is 9.79. The highest BCUT2D eigenvalue weighted by Gasteiger charge is 2.02. The third-order valence-electron chi connectivity index (χ3n) is 2.87. The fourth-order valence-corrected chi connectivity index (χ4v) is 1.88. The van der Waals surface area contributed by atoms with Gasteiger partial charge in [0.1, 0.15) is 0 Å². The van der Waals surface area contributed by atoms with Crippen molar-refractivity contribution in [2.75, 3.05) is 13.1 Å². The first-order valence-electron chi connectivity index (χ1n) is 6.87. The number of hydrogen-bond donors (Lipinski definition) is 2. The van der Waals surface area contributed by atoms with Crippen molar-refractivity contribution in [2.45, 2.75) is 19.9 Å². The fraction of sp³-hybridized carbons (Fsp3) is 0.333. The van der Waals surface area contributed by atoms with E-state index < -0.39 is 0 Å². The number of nitrogens with zero attached hydrogens (tertiary/aromatic N) is 2. The van der Waals surface area contributed by atoms with Gasteiger partial charge in [-0.05, 0) is 25.1 Å². The predicted octanol–water partition coefficient (Wildman–Crippen LogP) is 1.49. The van der Waals surface area contributed by atoms with Gasteiger partial charge in [-0.1, -0.05) is 18.2 Å². The molecule has 0 bridgehead atoms. The van der Waals surface area contributed by atoms with Gasteiger partial charge in [0.05, 0.1) is 11.4 Å². The molecule has 0 unspecified atom stereocenters. The highest BCUT2D eigenvalue weighted by Crippen LogP contribution is 2.06. The normalized spacial score (nSPS) is 10.4.